The number of carbonyl (C=O) groups excluding carboxylic acids is 1. The van der Waals surface area contributed by atoms with Crippen molar-refractivity contribution in [2.24, 2.45) is 0 Å². The first-order valence-electron chi connectivity index (χ1n) is 6.49. The van der Waals surface area contributed by atoms with Gasteiger partial charge >= 0.3 is 5.97 Å². The number of hydrogen-bond acceptors (Lipinski definition) is 2. The van der Waals surface area contributed by atoms with Gasteiger partial charge < -0.3 is 10.0 Å². The molecule has 1 aliphatic heterocycles. The predicted octanol–water partition coefficient (Wildman–Crippen LogP) is 3.68. The van der Waals surface area contributed by atoms with Crippen LogP contribution in [0.15, 0.2) is 27.1 Å². The molecule has 1 aromatic rings. The summed E-state index contributed by atoms with van der Waals surface area (Å²) in [6.45, 7) is 0.495. The number of rotatable bonds is 2. The number of halogens is 2. The molecule has 0 spiro atoms. The maximum Gasteiger partial charge on any atom is 0.326 e. The van der Waals surface area contributed by atoms with Crippen LogP contribution in [0.5, 0.6) is 0 Å². The van der Waals surface area contributed by atoms with Gasteiger partial charge in [0.05, 0.1) is 5.56 Å². The summed E-state index contributed by atoms with van der Waals surface area (Å²) in [6.07, 6.45) is 3.18. The molecule has 108 valence electrons. The fraction of sp³-hybridized carbons (Fsp3) is 0.429. The second-order valence-electron chi connectivity index (χ2n) is 4.83. The van der Waals surface area contributed by atoms with Crippen molar-refractivity contribution in [2.75, 3.05) is 6.54 Å². The van der Waals surface area contributed by atoms with E-state index in [2.05, 4.69) is 31.9 Å². The van der Waals surface area contributed by atoms with Crippen molar-refractivity contribution in [3.63, 3.8) is 0 Å². The third kappa shape index (κ3) is 3.41. The van der Waals surface area contributed by atoms with Gasteiger partial charge in [0.2, 0.25) is 0 Å². The Morgan fingerprint density at radius 3 is 2.65 bits per heavy atom. The first-order chi connectivity index (χ1) is 9.50. The van der Waals surface area contributed by atoms with Crippen LogP contribution in [0, 0.1) is 0 Å². The molecule has 1 atom stereocenters. The Labute approximate surface area is 134 Å². The smallest absolute Gasteiger partial charge is 0.326 e. The highest BCUT2D eigenvalue weighted by Crippen LogP contribution is 2.26. The average molecular weight is 405 g/mol. The van der Waals surface area contributed by atoms with Crippen molar-refractivity contribution < 1.29 is 14.7 Å². The van der Waals surface area contributed by atoms with Crippen molar-refractivity contribution in [3.05, 3.63) is 32.7 Å². The lowest BCUT2D eigenvalue weighted by molar-refractivity contribution is -0.142. The Hall–Kier alpha value is -0.880. The van der Waals surface area contributed by atoms with E-state index >= 15 is 0 Å². The van der Waals surface area contributed by atoms with Crippen LogP contribution < -0.4 is 0 Å². The molecule has 20 heavy (non-hydrogen) atoms. The van der Waals surface area contributed by atoms with E-state index in [0.717, 1.165) is 23.7 Å². The quantitative estimate of drug-likeness (QED) is 0.817. The molecule has 1 amide bonds. The Kier molecular flexibility index (Phi) is 5.21. The molecule has 0 aromatic heterocycles. The fourth-order valence-corrected chi connectivity index (χ4v) is 3.20. The topological polar surface area (TPSA) is 57.6 Å². The molecule has 6 heteroatoms. The molecule has 0 aliphatic carbocycles. The summed E-state index contributed by atoms with van der Waals surface area (Å²) in [4.78, 5) is 25.5. The molecule has 1 aromatic carbocycles. The van der Waals surface area contributed by atoms with E-state index in [-0.39, 0.29) is 5.91 Å². The summed E-state index contributed by atoms with van der Waals surface area (Å²) in [7, 11) is 0. The normalized spacial score (nSPS) is 19.5. The fourth-order valence-electron chi connectivity index (χ4n) is 2.42. The van der Waals surface area contributed by atoms with E-state index < -0.39 is 12.0 Å². The molecule has 2 rings (SSSR count). The van der Waals surface area contributed by atoms with E-state index in [1.807, 2.05) is 6.07 Å². The zero-order valence-electron chi connectivity index (χ0n) is 10.8. The van der Waals surface area contributed by atoms with Crippen LogP contribution in [0.1, 0.15) is 36.0 Å². The second-order valence-corrected chi connectivity index (χ2v) is 6.60. The molecule has 0 radical (unpaired) electrons. The summed E-state index contributed by atoms with van der Waals surface area (Å²) in [6, 6.07) is 4.61. The molecule has 1 fully saturated rings. The number of hydrogen-bond donors (Lipinski definition) is 1. The van der Waals surface area contributed by atoms with Crippen LogP contribution in [0.3, 0.4) is 0 Å². The third-order valence-corrected chi connectivity index (χ3v) is 4.64. The van der Waals surface area contributed by atoms with Crippen molar-refractivity contribution in [2.45, 2.75) is 31.7 Å². The van der Waals surface area contributed by atoms with E-state index in [4.69, 9.17) is 0 Å². The first kappa shape index (κ1) is 15.5. The minimum Gasteiger partial charge on any atom is -0.480 e. The van der Waals surface area contributed by atoms with Gasteiger partial charge in [0, 0.05) is 15.5 Å². The Morgan fingerprint density at radius 1 is 1.20 bits per heavy atom. The Balaban J connectivity index is 2.33. The van der Waals surface area contributed by atoms with Gasteiger partial charge in [0.15, 0.2) is 0 Å². The highest BCUT2D eigenvalue weighted by Gasteiger charge is 2.32. The molecule has 0 saturated carbocycles. The number of amides is 1. The van der Waals surface area contributed by atoms with E-state index in [0.29, 0.717) is 23.0 Å². The van der Waals surface area contributed by atoms with Gasteiger partial charge in [-0.3, -0.25) is 4.79 Å². The number of aliphatic carboxylic acids is 1. The summed E-state index contributed by atoms with van der Waals surface area (Å²) >= 11 is 6.70. The second kappa shape index (κ2) is 6.72. The molecule has 1 aliphatic rings. The van der Waals surface area contributed by atoms with Crippen LogP contribution in [0.25, 0.3) is 0 Å². The average Bonchev–Trinajstić information content (AvgIpc) is 2.66. The summed E-state index contributed by atoms with van der Waals surface area (Å²) in [5.74, 6) is -1.15. The van der Waals surface area contributed by atoms with Crippen molar-refractivity contribution >= 4 is 43.7 Å². The minimum absolute atomic E-state index is 0.229. The van der Waals surface area contributed by atoms with Gasteiger partial charge in [-0.15, -0.1) is 0 Å². The number of likely N-dealkylation sites (tertiary alicyclic amines) is 1. The monoisotopic (exact) mass is 403 g/mol. The lowest BCUT2D eigenvalue weighted by Gasteiger charge is -2.27. The molecule has 1 unspecified atom stereocenters. The summed E-state index contributed by atoms with van der Waals surface area (Å²) in [5.41, 5.74) is 0.493. The number of benzene rings is 1. The Bertz CT molecular complexity index is 533. The number of carboxylic acid groups (broad SMARTS) is 1. The molecule has 1 heterocycles. The molecule has 1 saturated heterocycles. The van der Waals surface area contributed by atoms with Crippen LogP contribution in [-0.4, -0.2) is 34.5 Å². The molecule has 4 nitrogen and oxygen atoms in total. The van der Waals surface area contributed by atoms with E-state index in [1.54, 1.807) is 12.1 Å². The highest BCUT2D eigenvalue weighted by molar-refractivity contribution is 9.11. The van der Waals surface area contributed by atoms with Gasteiger partial charge in [-0.25, -0.2) is 4.79 Å². The molecular formula is C14H15Br2NO3. The number of carbonyl (C=O) groups is 2. The minimum atomic E-state index is -0.925. The SMILES string of the molecule is O=C(O)C1CCCCCN1C(=O)c1cc(Br)ccc1Br. The van der Waals surface area contributed by atoms with Gasteiger partial charge in [0.1, 0.15) is 6.04 Å². The van der Waals surface area contributed by atoms with Crippen molar-refractivity contribution in [3.8, 4) is 0 Å². The molecule has 0 bridgehead atoms. The highest BCUT2D eigenvalue weighted by atomic mass is 79.9. The standard InChI is InChI=1S/C14H15Br2NO3/c15-9-5-6-11(16)10(8-9)13(18)17-7-3-1-2-4-12(17)14(19)20/h5-6,8,12H,1-4,7H2,(H,19,20). The van der Waals surface area contributed by atoms with Crippen LogP contribution in [0.2, 0.25) is 0 Å². The largest absolute Gasteiger partial charge is 0.480 e. The maximum atomic E-state index is 12.7. The van der Waals surface area contributed by atoms with Crippen LogP contribution in [0.4, 0.5) is 0 Å². The Morgan fingerprint density at radius 2 is 1.95 bits per heavy atom. The number of carboxylic acids is 1. The lowest BCUT2D eigenvalue weighted by atomic mass is 10.1. The maximum absolute atomic E-state index is 12.7. The van der Waals surface area contributed by atoms with Crippen molar-refractivity contribution in [1.82, 2.24) is 4.90 Å². The van der Waals surface area contributed by atoms with Crippen LogP contribution in [-0.2, 0) is 4.79 Å². The third-order valence-electron chi connectivity index (χ3n) is 3.46. The first-order valence-corrected chi connectivity index (χ1v) is 8.08. The zero-order chi connectivity index (χ0) is 14.7. The molecular weight excluding hydrogens is 390 g/mol. The van der Waals surface area contributed by atoms with E-state index in [9.17, 15) is 14.7 Å². The van der Waals surface area contributed by atoms with Crippen molar-refractivity contribution in [1.29, 1.82) is 0 Å². The zero-order valence-corrected chi connectivity index (χ0v) is 14.0. The molecule has 1 N–H and O–H groups in total. The van der Waals surface area contributed by atoms with Crippen LogP contribution >= 0.6 is 31.9 Å². The number of nitrogens with zero attached hydrogens (tertiary/aromatic N) is 1. The van der Waals surface area contributed by atoms with Gasteiger partial charge in [0.25, 0.3) is 5.91 Å². The summed E-state index contributed by atoms with van der Waals surface area (Å²) in [5, 5.41) is 9.34. The van der Waals surface area contributed by atoms with Gasteiger partial charge in [-0.1, -0.05) is 28.8 Å². The lowest BCUT2D eigenvalue weighted by Crippen LogP contribution is -2.44. The predicted molar refractivity (Wildman–Crippen MR) is 82.8 cm³/mol. The van der Waals surface area contributed by atoms with Gasteiger partial charge in [-0.05, 0) is 47.0 Å². The van der Waals surface area contributed by atoms with Gasteiger partial charge in [-0.2, -0.15) is 0 Å². The summed E-state index contributed by atoms with van der Waals surface area (Å²) < 4.78 is 1.48. The van der Waals surface area contributed by atoms with E-state index in [1.165, 1.54) is 4.90 Å².